The van der Waals surface area contributed by atoms with Crippen LogP contribution in [0.5, 0.6) is 11.5 Å². The lowest BCUT2D eigenvalue weighted by atomic mass is 10.1. The molecule has 3 nitrogen and oxygen atoms in total. The molecule has 0 fully saturated rings. The molecule has 0 amide bonds. The van der Waals surface area contributed by atoms with Crippen molar-refractivity contribution in [1.29, 1.82) is 0 Å². The van der Waals surface area contributed by atoms with E-state index in [4.69, 9.17) is 14.2 Å². The second-order valence-electron chi connectivity index (χ2n) is 6.52. The van der Waals surface area contributed by atoms with Crippen molar-refractivity contribution in [2.24, 2.45) is 0 Å². The molecule has 0 aliphatic heterocycles. The maximum atomic E-state index is 5.90. The Kier molecular flexibility index (Phi) is 4.95. The summed E-state index contributed by atoms with van der Waals surface area (Å²) in [5.41, 5.74) is 0. The van der Waals surface area contributed by atoms with Gasteiger partial charge in [-0.05, 0) is 59.7 Å². The first-order valence-corrected chi connectivity index (χ1v) is 9.14. The van der Waals surface area contributed by atoms with Crippen LogP contribution in [0, 0.1) is 0 Å². The van der Waals surface area contributed by atoms with Gasteiger partial charge in [-0.1, -0.05) is 60.7 Å². The van der Waals surface area contributed by atoms with E-state index in [0.29, 0.717) is 0 Å². The minimum absolute atomic E-state index is 0.429. The fourth-order valence-corrected chi connectivity index (χ4v) is 3.19. The van der Waals surface area contributed by atoms with Crippen LogP contribution in [0.3, 0.4) is 0 Å². The van der Waals surface area contributed by atoms with E-state index in [2.05, 4.69) is 24.3 Å². The van der Waals surface area contributed by atoms with Gasteiger partial charge in [-0.3, -0.25) is 0 Å². The second kappa shape index (κ2) is 7.68. The average Bonchev–Trinajstić information content (AvgIpc) is 2.67. The summed E-state index contributed by atoms with van der Waals surface area (Å²) < 4.78 is 17.6. The summed E-state index contributed by atoms with van der Waals surface area (Å²) in [5.74, 6) is 1.55. The van der Waals surface area contributed by atoms with E-state index in [1.165, 1.54) is 10.8 Å². The first-order chi connectivity index (χ1) is 13.2. The highest BCUT2D eigenvalue weighted by Crippen LogP contribution is 2.24. The van der Waals surface area contributed by atoms with Crippen molar-refractivity contribution in [3.63, 3.8) is 0 Å². The minimum Gasteiger partial charge on any atom is -0.465 e. The summed E-state index contributed by atoms with van der Waals surface area (Å²) in [7, 11) is 0. The van der Waals surface area contributed by atoms with Gasteiger partial charge in [0.05, 0.1) is 0 Å². The molecule has 0 N–H and O–H groups in total. The highest BCUT2D eigenvalue weighted by Gasteiger charge is 2.12. The molecule has 2 atom stereocenters. The van der Waals surface area contributed by atoms with Crippen molar-refractivity contribution < 1.29 is 14.2 Å². The van der Waals surface area contributed by atoms with E-state index in [9.17, 15) is 0 Å². The molecule has 3 heteroatoms. The third-order valence-corrected chi connectivity index (χ3v) is 4.43. The van der Waals surface area contributed by atoms with Crippen LogP contribution in [-0.4, -0.2) is 12.6 Å². The predicted octanol–water partition coefficient (Wildman–Crippen LogP) is 6.16. The van der Waals surface area contributed by atoms with Gasteiger partial charge in [0.15, 0.2) is 0 Å². The Labute approximate surface area is 159 Å². The lowest BCUT2D eigenvalue weighted by molar-refractivity contribution is -0.167. The van der Waals surface area contributed by atoms with Crippen LogP contribution in [0.1, 0.15) is 13.8 Å². The van der Waals surface area contributed by atoms with Crippen LogP contribution in [-0.2, 0) is 4.74 Å². The van der Waals surface area contributed by atoms with Crippen LogP contribution < -0.4 is 9.47 Å². The molecule has 0 aliphatic carbocycles. The summed E-state index contributed by atoms with van der Waals surface area (Å²) in [4.78, 5) is 0. The Morgan fingerprint density at radius 1 is 0.519 bits per heavy atom. The zero-order chi connectivity index (χ0) is 18.6. The molecule has 4 aromatic carbocycles. The molecule has 2 unspecified atom stereocenters. The van der Waals surface area contributed by atoms with Crippen molar-refractivity contribution >= 4 is 21.5 Å². The fourth-order valence-electron chi connectivity index (χ4n) is 3.19. The van der Waals surface area contributed by atoms with Crippen molar-refractivity contribution in [1.82, 2.24) is 0 Å². The standard InChI is InChI=1S/C24H22O3/c1-17(26-23-13-11-19-7-3-5-9-21(19)15-23)25-18(2)27-24-14-12-20-8-4-6-10-22(20)16-24/h3-18H,1-2H3. The van der Waals surface area contributed by atoms with E-state index < -0.39 is 12.6 Å². The topological polar surface area (TPSA) is 27.7 Å². The third-order valence-electron chi connectivity index (χ3n) is 4.43. The summed E-state index contributed by atoms with van der Waals surface area (Å²) >= 11 is 0. The molecular weight excluding hydrogens is 336 g/mol. The zero-order valence-corrected chi connectivity index (χ0v) is 15.5. The molecule has 4 rings (SSSR count). The van der Waals surface area contributed by atoms with Crippen LogP contribution in [0.15, 0.2) is 84.9 Å². The SMILES string of the molecule is CC(Oc1ccc2ccccc2c1)OC(C)Oc1ccc2ccccc2c1. The molecule has 0 heterocycles. The molecule has 4 aromatic rings. The van der Waals surface area contributed by atoms with Gasteiger partial charge in [0.1, 0.15) is 11.5 Å². The maximum Gasteiger partial charge on any atom is 0.200 e. The Balaban J connectivity index is 1.38. The van der Waals surface area contributed by atoms with Crippen molar-refractivity contribution in [2.75, 3.05) is 0 Å². The van der Waals surface area contributed by atoms with E-state index in [-0.39, 0.29) is 0 Å². The molecule has 0 aromatic heterocycles. The van der Waals surface area contributed by atoms with Crippen LogP contribution in [0.2, 0.25) is 0 Å². The molecule has 0 spiro atoms. The molecule has 0 bridgehead atoms. The van der Waals surface area contributed by atoms with Gasteiger partial charge in [0.2, 0.25) is 12.6 Å². The molecule has 0 saturated heterocycles. The van der Waals surface area contributed by atoms with Gasteiger partial charge in [0.25, 0.3) is 0 Å². The van der Waals surface area contributed by atoms with Gasteiger partial charge in [-0.15, -0.1) is 0 Å². The summed E-state index contributed by atoms with van der Waals surface area (Å²) in [5, 5.41) is 4.66. The highest BCUT2D eigenvalue weighted by atomic mass is 16.8. The predicted molar refractivity (Wildman–Crippen MR) is 109 cm³/mol. The van der Waals surface area contributed by atoms with Crippen LogP contribution >= 0.6 is 0 Å². The van der Waals surface area contributed by atoms with E-state index in [0.717, 1.165) is 22.3 Å². The van der Waals surface area contributed by atoms with E-state index in [1.54, 1.807) is 0 Å². The van der Waals surface area contributed by atoms with E-state index in [1.807, 2.05) is 74.5 Å². The number of ether oxygens (including phenoxy) is 3. The zero-order valence-electron chi connectivity index (χ0n) is 15.5. The van der Waals surface area contributed by atoms with Gasteiger partial charge in [0, 0.05) is 0 Å². The van der Waals surface area contributed by atoms with Crippen LogP contribution in [0.4, 0.5) is 0 Å². The maximum absolute atomic E-state index is 5.90. The lowest BCUT2D eigenvalue weighted by Gasteiger charge is -2.21. The average molecular weight is 358 g/mol. The Bertz CT molecular complexity index is 972. The van der Waals surface area contributed by atoms with Gasteiger partial charge >= 0.3 is 0 Å². The monoisotopic (exact) mass is 358 g/mol. The first kappa shape index (κ1) is 17.4. The number of rotatable bonds is 6. The Morgan fingerprint density at radius 3 is 1.37 bits per heavy atom. The van der Waals surface area contributed by atoms with Gasteiger partial charge in [-0.2, -0.15) is 0 Å². The van der Waals surface area contributed by atoms with E-state index >= 15 is 0 Å². The molecule has 0 radical (unpaired) electrons. The summed E-state index contributed by atoms with van der Waals surface area (Å²) in [6, 6.07) is 28.4. The molecule has 0 saturated carbocycles. The van der Waals surface area contributed by atoms with Gasteiger partial charge in [-0.25, -0.2) is 0 Å². The molecular formula is C24H22O3. The third kappa shape index (κ3) is 4.21. The highest BCUT2D eigenvalue weighted by molar-refractivity contribution is 5.84. The number of benzene rings is 4. The summed E-state index contributed by atoms with van der Waals surface area (Å²) in [6.07, 6.45) is -0.858. The number of hydrogen-bond donors (Lipinski definition) is 0. The van der Waals surface area contributed by atoms with Crippen molar-refractivity contribution in [3.05, 3.63) is 84.9 Å². The van der Waals surface area contributed by atoms with Crippen molar-refractivity contribution in [2.45, 2.75) is 26.4 Å². The van der Waals surface area contributed by atoms with Crippen molar-refractivity contribution in [3.8, 4) is 11.5 Å². The fraction of sp³-hybridized carbons (Fsp3) is 0.167. The number of fused-ring (bicyclic) bond motifs is 2. The molecule has 136 valence electrons. The lowest BCUT2D eigenvalue weighted by Crippen LogP contribution is -2.26. The van der Waals surface area contributed by atoms with Crippen LogP contribution in [0.25, 0.3) is 21.5 Å². The molecule has 0 aliphatic rings. The minimum atomic E-state index is -0.429. The smallest absolute Gasteiger partial charge is 0.200 e. The largest absolute Gasteiger partial charge is 0.465 e. The Hall–Kier alpha value is -3.04. The number of hydrogen-bond acceptors (Lipinski definition) is 3. The first-order valence-electron chi connectivity index (χ1n) is 9.14. The van der Waals surface area contributed by atoms with Gasteiger partial charge < -0.3 is 14.2 Å². The second-order valence-corrected chi connectivity index (χ2v) is 6.52. The Morgan fingerprint density at radius 2 is 0.926 bits per heavy atom. The molecule has 27 heavy (non-hydrogen) atoms. The quantitative estimate of drug-likeness (QED) is 0.386. The normalized spacial score (nSPS) is 13.4. The summed E-state index contributed by atoms with van der Waals surface area (Å²) in [6.45, 7) is 3.74.